The molecule has 0 aliphatic carbocycles. The van der Waals surface area contributed by atoms with Gasteiger partial charge in [-0.25, -0.2) is 4.98 Å². The molecule has 2 rings (SSSR count). The second kappa shape index (κ2) is 6.50. The minimum absolute atomic E-state index is 0.0107. The van der Waals surface area contributed by atoms with Crippen LogP contribution < -0.4 is 10.6 Å². The summed E-state index contributed by atoms with van der Waals surface area (Å²) in [5.74, 6) is -0.453. The maximum atomic E-state index is 12.0. The number of amides is 1. The second-order valence-electron chi connectivity index (χ2n) is 3.92. The van der Waals surface area contributed by atoms with Crippen LogP contribution in [0.3, 0.4) is 0 Å². The highest BCUT2D eigenvalue weighted by atomic mass is 32.1. The van der Waals surface area contributed by atoms with E-state index in [1.165, 1.54) is 17.5 Å². The first kappa shape index (κ1) is 13.8. The first-order valence-corrected chi connectivity index (χ1v) is 6.72. The van der Waals surface area contributed by atoms with Gasteiger partial charge in [-0.2, -0.15) is 5.26 Å². The molecule has 0 fully saturated rings. The largest absolute Gasteiger partial charge is 0.337 e. The Kier molecular flexibility index (Phi) is 4.47. The number of para-hydroxylation sites is 1. The Hall–Kier alpha value is -2.65. The van der Waals surface area contributed by atoms with Gasteiger partial charge in [0, 0.05) is 23.5 Å². The van der Waals surface area contributed by atoms with Crippen LogP contribution in [0.5, 0.6) is 0 Å². The van der Waals surface area contributed by atoms with Crippen molar-refractivity contribution in [3.05, 3.63) is 53.2 Å². The number of thiazole rings is 1. The molecule has 0 spiro atoms. The van der Waals surface area contributed by atoms with Crippen LogP contribution in [0.2, 0.25) is 0 Å². The minimum atomic E-state index is -0.453. The predicted molar refractivity (Wildman–Crippen MR) is 79.2 cm³/mol. The fourth-order valence-electron chi connectivity index (χ4n) is 1.48. The highest BCUT2D eigenvalue weighted by Crippen LogP contribution is 2.15. The minimum Gasteiger partial charge on any atom is -0.337 e. The molecular formula is C14H12N4OS. The molecule has 0 aliphatic rings. The van der Waals surface area contributed by atoms with E-state index in [1.807, 2.05) is 31.2 Å². The maximum Gasteiger partial charge on any atom is 0.267 e. The van der Waals surface area contributed by atoms with E-state index in [2.05, 4.69) is 15.6 Å². The van der Waals surface area contributed by atoms with Gasteiger partial charge in [-0.15, -0.1) is 11.3 Å². The topological polar surface area (TPSA) is 77.8 Å². The van der Waals surface area contributed by atoms with E-state index in [0.717, 1.165) is 5.56 Å². The number of aryl methyl sites for hydroxylation is 1. The number of nitrogens with one attached hydrogen (secondary N) is 2. The number of nitriles is 1. The Labute approximate surface area is 120 Å². The van der Waals surface area contributed by atoms with Crippen LogP contribution >= 0.6 is 11.3 Å². The van der Waals surface area contributed by atoms with Crippen LogP contribution in [0.25, 0.3) is 0 Å². The number of hydrogen-bond acceptors (Lipinski definition) is 5. The van der Waals surface area contributed by atoms with Crippen LogP contribution in [0.15, 0.2) is 47.6 Å². The third-order valence-electron chi connectivity index (χ3n) is 2.53. The van der Waals surface area contributed by atoms with Crippen molar-refractivity contribution in [1.29, 1.82) is 5.26 Å². The number of benzene rings is 1. The molecule has 5 nitrogen and oxygen atoms in total. The van der Waals surface area contributed by atoms with E-state index >= 15 is 0 Å². The number of nitrogens with zero attached hydrogens (tertiary/aromatic N) is 2. The molecule has 6 heteroatoms. The highest BCUT2D eigenvalue weighted by molar-refractivity contribution is 7.13. The number of carbonyl (C=O) groups excluding carboxylic acids is 1. The summed E-state index contributed by atoms with van der Waals surface area (Å²) in [5, 5.41) is 17.0. The van der Waals surface area contributed by atoms with Crippen molar-refractivity contribution in [3.8, 4) is 6.07 Å². The molecule has 1 heterocycles. The molecule has 0 bridgehead atoms. The first-order valence-electron chi connectivity index (χ1n) is 5.84. The summed E-state index contributed by atoms with van der Waals surface area (Å²) in [6.45, 7) is 1.89. The van der Waals surface area contributed by atoms with Crippen LogP contribution in [0.4, 0.5) is 10.8 Å². The smallest absolute Gasteiger partial charge is 0.267 e. The van der Waals surface area contributed by atoms with Gasteiger partial charge in [0.05, 0.1) is 0 Å². The lowest BCUT2D eigenvalue weighted by Gasteiger charge is -2.07. The predicted octanol–water partition coefficient (Wildman–Crippen LogP) is 2.91. The Balaban J connectivity index is 2.08. The second-order valence-corrected chi connectivity index (χ2v) is 4.82. The lowest BCUT2D eigenvalue weighted by Crippen LogP contribution is -2.15. The van der Waals surface area contributed by atoms with Crippen molar-refractivity contribution in [2.24, 2.45) is 0 Å². The summed E-state index contributed by atoms with van der Waals surface area (Å²) in [6, 6.07) is 9.25. The van der Waals surface area contributed by atoms with Gasteiger partial charge < -0.3 is 10.6 Å². The molecular weight excluding hydrogens is 272 g/mol. The molecule has 0 unspecified atom stereocenters. The molecule has 0 atom stereocenters. The summed E-state index contributed by atoms with van der Waals surface area (Å²) in [6.07, 6.45) is 2.99. The Morgan fingerprint density at radius 2 is 2.25 bits per heavy atom. The monoisotopic (exact) mass is 284 g/mol. The number of rotatable bonds is 4. The van der Waals surface area contributed by atoms with Crippen molar-refractivity contribution in [3.63, 3.8) is 0 Å². The lowest BCUT2D eigenvalue weighted by atomic mass is 10.2. The third-order valence-corrected chi connectivity index (χ3v) is 3.23. The van der Waals surface area contributed by atoms with E-state index < -0.39 is 5.91 Å². The average Bonchev–Trinajstić information content (AvgIpc) is 2.95. The molecule has 2 aromatic rings. The van der Waals surface area contributed by atoms with E-state index in [-0.39, 0.29) is 5.57 Å². The molecule has 1 amide bonds. The molecule has 20 heavy (non-hydrogen) atoms. The lowest BCUT2D eigenvalue weighted by molar-refractivity contribution is -0.112. The van der Waals surface area contributed by atoms with Crippen molar-refractivity contribution < 1.29 is 4.79 Å². The molecule has 100 valence electrons. The standard InChI is InChI=1S/C14H12N4OS/c1-10-4-2-3-5-12(10)18-13(19)11(8-15)9-17-14-16-6-7-20-14/h2-7,9H,1H3,(H,16,17)(H,18,19)/b11-9-. The Morgan fingerprint density at radius 1 is 1.45 bits per heavy atom. The van der Waals surface area contributed by atoms with Crippen LogP contribution in [0.1, 0.15) is 5.56 Å². The molecule has 0 aliphatic heterocycles. The first-order chi connectivity index (χ1) is 9.70. The summed E-state index contributed by atoms with van der Waals surface area (Å²) in [4.78, 5) is 16.0. The summed E-state index contributed by atoms with van der Waals surface area (Å²) in [7, 11) is 0. The zero-order valence-electron chi connectivity index (χ0n) is 10.8. The van der Waals surface area contributed by atoms with Crippen LogP contribution in [0, 0.1) is 18.3 Å². The van der Waals surface area contributed by atoms with Gasteiger partial charge in [-0.05, 0) is 18.6 Å². The van der Waals surface area contributed by atoms with Gasteiger partial charge in [-0.3, -0.25) is 4.79 Å². The van der Waals surface area contributed by atoms with Gasteiger partial charge >= 0.3 is 0 Å². The fourth-order valence-corrected chi connectivity index (χ4v) is 1.98. The normalized spacial score (nSPS) is 10.7. The van der Waals surface area contributed by atoms with Crippen molar-refractivity contribution in [1.82, 2.24) is 4.98 Å². The van der Waals surface area contributed by atoms with E-state index in [4.69, 9.17) is 5.26 Å². The van der Waals surface area contributed by atoms with Gasteiger partial charge in [0.25, 0.3) is 5.91 Å². The van der Waals surface area contributed by atoms with Gasteiger partial charge in [-0.1, -0.05) is 18.2 Å². The molecule has 0 saturated heterocycles. The quantitative estimate of drug-likeness (QED) is 0.668. The summed E-state index contributed by atoms with van der Waals surface area (Å²) in [5.41, 5.74) is 1.61. The number of carbonyl (C=O) groups is 1. The van der Waals surface area contributed by atoms with Gasteiger partial charge in [0.15, 0.2) is 5.13 Å². The number of aromatic nitrogens is 1. The molecule has 0 saturated carbocycles. The van der Waals surface area contributed by atoms with E-state index in [0.29, 0.717) is 10.8 Å². The molecule has 0 radical (unpaired) electrons. The summed E-state index contributed by atoms with van der Waals surface area (Å²) < 4.78 is 0. The molecule has 2 N–H and O–H groups in total. The van der Waals surface area contributed by atoms with Crippen molar-refractivity contribution in [2.75, 3.05) is 10.6 Å². The summed E-state index contributed by atoms with van der Waals surface area (Å²) >= 11 is 1.39. The maximum absolute atomic E-state index is 12.0. The Bertz CT molecular complexity index is 671. The average molecular weight is 284 g/mol. The van der Waals surface area contributed by atoms with E-state index in [1.54, 1.807) is 17.6 Å². The van der Waals surface area contributed by atoms with Crippen LogP contribution in [-0.2, 0) is 4.79 Å². The van der Waals surface area contributed by atoms with Gasteiger partial charge in [0.2, 0.25) is 0 Å². The zero-order chi connectivity index (χ0) is 14.4. The fraction of sp³-hybridized carbons (Fsp3) is 0.0714. The highest BCUT2D eigenvalue weighted by Gasteiger charge is 2.10. The van der Waals surface area contributed by atoms with Gasteiger partial charge in [0.1, 0.15) is 11.6 Å². The van der Waals surface area contributed by atoms with E-state index in [9.17, 15) is 4.79 Å². The molecule has 1 aromatic heterocycles. The Morgan fingerprint density at radius 3 is 2.90 bits per heavy atom. The van der Waals surface area contributed by atoms with Crippen LogP contribution in [-0.4, -0.2) is 10.9 Å². The zero-order valence-corrected chi connectivity index (χ0v) is 11.6. The van der Waals surface area contributed by atoms with Crippen molar-refractivity contribution >= 4 is 28.1 Å². The number of anilines is 2. The van der Waals surface area contributed by atoms with Crippen molar-refractivity contribution in [2.45, 2.75) is 6.92 Å². The SMILES string of the molecule is Cc1ccccc1NC(=O)/C(C#N)=C\Nc1nccs1. The third kappa shape index (κ3) is 3.43. The molecule has 1 aromatic carbocycles. The number of hydrogen-bond donors (Lipinski definition) is 2.